The van der Waals surface area contributed by atoms with E-state index < -0.39 is 0 Å². The molecule has 0 aromatic heterocycles. The highest BCUT2D eigenvalue weighted by molar-refractivity contribution is 9.10. The first-order valence-corrected chi connectivity index (χ1v) is 8.41. The van der Waals surface area contributed by atoms with E-state index in [1.54, 1.807) is 0 Å². The lowest BCUT2D eigenvalue weighted by molar-refractivity contribution is 0.436. The van der Waals surface area contributed by atoms with Gasteiger partial charge in [0.1, 0.15) is 0 Å². The molecule has 0 spiro atoms. The highest BCUT2D eigenvalue weighted by atomic mass is 79.9. The fourth-order valence-corrected chi connectivity index (χ4v) is 3.31. The zero-order chi connectivity index (χ0) is 15.2. The Morgan fingerprint density at radius 2 is 1.52 bits per heavy atom. The predicted molar refractivity (Wildman–Crippen MR) is 94.6 cm³/mol. The van der Waals surface area contributed by atoms with E-state index in [4.69, 9.17) is 0 Å². The molecule has 0 aliphatic rings. The standard InChI is InChI=1S/C19H24BrN/c1-14(2)18(16-9-5-4-6-10-16)13-21-15(3)17-11-7-8-12-19(17)20/h4-12,14-15,18,21H,13H2,1-3H3. The Morgan fingerprint density at radius 1 is 0.905 bits per heavy atom. The molecule has 112 valence electrons. The van der Waals surface area contributed by atoms with Crippen LogP contribution in [0.1, 0.15) is 43.9 Å². The molecule has 2 unspecified atom stereocenters. The van der Waals surface area contributed by atoms with Crippen molar-refractivity contribution in [2.75, 3.05) is 6.54 Å². The normalized spacial score (nSPS) is 14.1. The number of nitrogens with one attached hydrogen (secondary N) is 1. The molecule has 2 atom stereocenters. The molecule has 1 N–H and O–H groups in total. The van der Waals surface area contributed by atoms with Gasteiger partial charge in [0.2, 0.25) is 0 Å². The SMILES string of the molecule is CC(NCC(c1ccccc1)C(C)C)c1ccccc1Br. The molecule has 0 saturated carbocycles. The van der Waals surface area contributed by atoms with Gasteiger partial charge in [0.15, 0.2) is 0 Å². The molecule has 0 bridgehead atoms. The highest BCUT2D eigenvalue weighted by Gasteiger charge is 2.17. The molecule has 2 rings (SSSR count). The summed E-state index contributed by atoms with van der Waals surface area (Å²) in [6.45, 7) is 7.80. The van der Waals surface area contributed by atoms with Crippen molar-refractivity contribution in [1.29, 1.82) is 0 Å². The van der Waals surface area contributed by atoms with Gasteiger partial charge in [0.25, 0.3) is 0 Å². The van der Waals surface area contributed by atoms with Crippen LogP contribution in [0.2, 0.25) is 0 Å². The van der Waals surface area contributed by atoms with Crippen LogP contribution in [0.4, 0.5) is 0 Å². The van der Waals surface area contributed by atoms with Crippen LogP contribution in [0, 0.1) is 5.92 Å². The Morgan fingerprint density at radius 3 is 2.14 bits per heavy atom. The van der Waals surface area contributed by atoms with E-state index in [2.05, 4.69) is 96.6 Å². The molecule has 2 aromatic rings. The minimum atomic E-state index is 0.338. The summed E-state index contributed by atoms with van der Waals surface area (Å²) >= 11 is 3.64. The molecule has 0 aliphatic heterocycles. The molecule has 0 saturated heterocycles. The van der Waals surface area contributed by atoms with Crippen LogP contribution >= 0.6 is 15.9 Å². The quantitative estimate of drug-likeness (QED) is 0.724. The lowest BCUT2D eigenvalue weighted by Crippen LogP contribution is -2.27. The van der Waals surface area contributed by atoms with E-state index in [0.29, 0.717) is 17.9 Å². The molecule has 21 heavy (non-hydrogen) atoms. The minimum Gasteiger partial charge on any atom is -0.310 e. The average molecular weight is 346 g/mol. The Hall–Kier alpha value is -1.12. The fourth-order valence-electron chi connectivity index (χ4n) is 2.68. The van der Waals surface area contributed by atoms with E-state index in [9.17, 15) is 0 Å². The molecule has 0 heterocycles. The lowest BCUT2D eigenvalue weighted by atomic mass is 9.88. The van der Waals surface area contributed by atoms with Gasteiger partial charge < -0.3 is 5.32 Å². The maximum absolute atomic E-state index is 3.69. The van der Waals surface area contributed by atoms with Gasteiger partial charge in [-0.25, -0.2) is 0 Å². The van der Waals surface area contributed by atoms with Crippen molar-refractivity contribution in [3.8, 4) is 0 Å². The second-order valence-corrected chi connectivity index (χ2v) is 6.77. The zero-order valence-electron chi connectivity index (χ0n) is 13.0. The largest absolute Gasteiger partial charge is 0.310 e. The third kappa shape index (κ3) is 4.42. The second-order valence-electron chi connectivity index (χ2n) is 5.91. The van der Waals surface area contributed by atoms with Crippen LogP contribution in [-0.2, 0) is 0 Å². The number of rotatable bonds is 6. The Bertz CT molecular complexity index is 551. The van der Waals surface area contributed by atoms with Crippen molar-refractivity contribution in [1.82, 2.24) is 5.32 Å². The summed E-state index contributed by atoms with van der Waals surface area (Å²) in [5.74, 6) is 1.16. The van der Waals surface area contributed by atoms with Crippen molar-refractivity contribution in [2.45, 2.75) is 32.7 Å². The maximum Gasteiger partial charge on any atom is 0.0303 e. The molecule has 2 aromatic carbocycles. The number of halogens is 1. The molecule has 0 amide bonds. The molecular formula is C19H24BrN. The van der Waals surface area contributed by atoms with Crippen LogP contribution in [0.3, 0.4) is 0 Å². The third-order valence-corrected chi connectivity index (χ3v) is 4.77. The molecule has 2 heteroatoms. The van der Waals surface area contributed by atoms with Crippen molar-refractivity contribution < 1.29 is 0 Å². The second kappa shape index (κ2) is 7.77. The minimum absolute atomic E-state index is 0.338. The van der Waals surface area contributed by atoms with Gasteiger partial charge in [0.05, 0.1) is 0 Å². The average Bonchev–Trinajstić information content (AvgIpc) is 2.48. The van der Waals surface area contributed by atoms with Crippen LogP contribution in [0.25, 0.3) is 0 Å². The van der Waals surface area contributed by atoms with Gasteiger partial charge in [0, 0.05) is 17.1 Å². The van der Waals surface area contributed by atoms with E-state index in [0.717, 1.165) is 6.54 Å². The van der Waals surface area contributed by atoms with Gasteiger partial charge in [-0.15, -0.1) is 0 Å². The lowest BCUT2D eigenvalue weighted by Gasteiger charge is -2.25. The summed E-state index contributed by atoms with van der Waals surface area (Å²) < 4.78 is 1.17. The molecule has 0 aliphatic carbocycles. The summed E-state index contributed by atoms with van der Waals surface area (Å²) in [7, 11) is 0. The Kier molecular flexibility index (Phi) is 6.01. The monoisotopic (exact) mass is 345 g/mol. The van der Waals surface area contributed by atoms with E-state index in [1.807, 2.05) is 0 Å². The van der Waals surface area contributed by atoms with Crippen LogP contribution in [-0.4, -0.2) is 6.54 Å². The van der Waals surface area contributed by atoms with Crippen molar-refractivity contribution in [2.24, 2.45) is 5.92 Å². The Labute approximate surface area is 136 Å². The molecular weight excluding hydrogens is 322 g/mol. The number of benzene rings is 2. The summed E-state index contributed by atoms with van der Waals surface area (Å²) in [6.07, 6.45) is 0. The van der Waals surface area contributed by atoms with Crippen molar-refractivity contribution in [3.05, 3.63) is 70.2 Å². The summed E-state index contributed by atoms with van der Waals surface area (Å²) in [5, 5.41) is 3.69. The molecule has 0 radical (unpaired) electrons. The van der Waals surface area contributed by atoms with Gasteiger partial charge in [-0.2, -0.15) is 0 Å². The van der Waals surface area contributed by atoms with Gasteiger partial charge in [-0.1, -0.05) is 78.3 Å². The van der Waals surface area contributed by atoms with E-state index >= 15 is 0 Å². The van der Waals surface area contributed by atoms with Crippen molar-refractivity contribution >= 4 is 15.9 Å². The smallest absolute Gasteiger partial charge is 0.0303 e. The molecule has 0 fully saturated rings. The summed E-state index contributed by atoms with van der Waals surface area (Å²) in [6, 6.07) is 19.6. The van der Waals surface area contributed by atoms with Gasteiger partial charge in [-0.3, -0.25) is 0 Å². The van der Waals surface area contributed by atoms with Gasteiger partial charge in [-0.05, 0) is 36.0 Å². The first kappa shape index (κ1) is 16.3. The van der Waals surface area contributed by atoms with E-state index in [1.165, 1.54) is 15.6 Å². The van der Waals surface area contributed by atoms with Gasteiger partial charge >= 0.3 is 0 Å². The predicted octanol–water partition coefficient (Wildman–Crippen LogP) is 5.54. The summed E-state index contributed by atoms with van der Waals surface area (Å²) in [5.41, 5.74) is 2.73. The van der Waals surface area contributed by atoms with Crippen LogP contribution < -0.4 is 5.32 Å². The number of hydrogen-bond donors (Lipinski definition) is 1. The van der Waals surface area contributed by atoms with E-state index in [-0.39, 0.29) is 0 Å². The topological polar surface area (TPSA) is 12.0 Å². The summed E-state index contributed by atoms with van der Waals surface area (Å²) in [4.78, 5) is 0. The Balaban J connectivity index is 2.04. The van der Waals surface area contributed by atoms with Crippen molar-refractivity contribution in [3.63, 3.8) is 0 Å². The third-order valence-electron chi connectivity index (χ3n) is 4.05. The van der Waals surface area contributed by atoms with Crippen LogP contribution in [0.5, 0.6) is 0 Å². The fraction of sp³-hybridized carbons (Fsp3) is 0.368. The number of hydrogen-bond acceptors (Lipinski definition) is 1. The zero-order valence-corrected chi connectivity index (χ0v) is 14.6. The highest BCUT2D eigenvalue weighted by Crippen LogP contribution is 2.26. The maximum atomic E-state index is 3.69. The van der Waals surface area contributed by atoms with Crippen LogP contribution in [0.15, 0.2) is 59.1 Å². The first-order chi connectivity index (χ1) is 10.1. The molecule has 1 nitrogen and oxygen atoms in total. The first-order valence-electron chi connectivity index (χ1n) is 7.62.